The highest BCUT2D eigenvalue weighted by Gasteiger charge is 2.21. The van der Waals surface area contributed by atoms with E-state index in [0.717, 1.165) is 0 Å². The molecular formula is C11H9N3O4. The Bertz CT molecular complexity index is 606. The fourth-order valence-corrected chi connectivity index (χ4v) is 1.62. The predicted octanol–water partition coefficient (Wildman–Crippen LogP) is 1.77. The molecule has 0 aliphatic heterocycles. The molecule has 1 heterocycles. The molecule has 2 rings (SSSR count). The second-order valence-corrected chi connectivity index (χ2v) is 3.43. The van der Waals surface area contributed by atoms with Crippen LogP contribution in [-0.4, -0.2) is 28.2 Å². The number of H-pyrrole nitrogens is 1. The van der Waals surface area contributed by atoms with Crippen molar-refractivity contribution in [2.45, 2.75) is 0 Å². The zero-order valence-electron chi connectivity index (χ0n) is 9.41. The van der Waals surface area contributed by atoms with Crippen LogP contribution in [0.25, 0.3) is 11.1 Å². The van der Waals surface area contributed by atoms with Gasteiger partial charge in [0.2, 0.25) is 0 Å². The number of aromatic nitrogens is 2. The van der Waals surface area contributed by atoms with Crippen LogP contribution in [0.2, 0.25) is 0 Å². The summed E-state index contributed by atoms with van der Waals surface area (Å²) in [5.74, 6) is -0.813. The van der Waals surface area contributed by atoms with Crippen LogP contribution >= 0.6 is 0 Å². The van der Waals surface area contributed by atoms with Gasteiger partial charge in [0.1, 0.15) is 5.56 Å². The van der Waals surface area contributed by atoms with Gasteiger partial charge in [0.05, 0.1) is 18.9 Å². The maximum atomic E-state index is 11.6. The average molecular weight is 247 g/mol. The van der Waals surface area contributed by atoms with E-state index in [4.69, 9.17) is 0 Å². The van der Waals surface area contributed by atoms with Crippen molar-refractivity contribution in [2.75, 3.05) is 7.11 Å². The Morgan fingerprint density at radius 1 is 1.39 bits per heavy atom. The summed E-state index contributed by atoms with van der Waals surface area (Å²) in [4.78, 5) is 21.8. The molecule has 0 radical (unpaired) electrons. The van der Waals surface area contributed by atoms with E-state index < -0.39 is 10.9 Å². The molecule has 7 nitrogen and oxygen atoms in total. The normalized spacial score (nSPS) is 10.1. The number of ether oxygens (including phenoxy) is 1. The fourth-order valence-electron chi connectivity index (χ4n) is 1.62. The van der Waals surface area contributed by atoms with Crippen molar-refractivity contribution in [3.05, 3.63) is 46.1 Å². The number of nitro groups is 1. The van der Waals surface area contributed by atoms with E-state index >= 15 is 0 Å². The lowest BCUT2D eigenvalue weighted by atomic mass is 10.0. The average Bonchev–Trinajstić information content (AvgIpc) is 2.87. The Balaban J connectivity index is 2.60. The number of aromatic amines is 1. The van der Waals surface area contributed by atoms with Gasteiger partial charge in [0.25, 0.3) is 0 Å². The van der Waals surface area contributed by atoms with Crippen LogP contribution in [-0.2, 0) is 4.74 Å². The van der Waals surface area contributed by atoms with Crippen LogP contribution < -0.4 is 0 Å². The molecule has 92 valence electrons. The lowest BCUT2D eigenvalue weighted by Gasteiger charge is -2.05. The minimum absolute atomic E-state index is 0.251. The van der Waals surface area contributed by atoms with Crippen molar-refractivity contribution in [2.24, 2.45) is 0 Å². The van der Waals surface area contributed by atoms with Crippen molar-refractivity contribution in [1.29, 1.82) is 0 Å². The molecule has 0 bridgehead atoms. The molecule has 18 heavy (non-hydrogen) atoms. The molecule has 0 saturated heterocycles. The molecule has 0 amide bonds. The fraction of sp³-hybridized carbons (Fsp3) is 0.0909. The minimum atomic E-state index is -0.587. The van der Waals surface area contributed by atoms with Crippen LogP contribution in [0, 0.1) is 10.1 Å². The van der Waals surface area contributed by atoms with Gasteiger partial charge in [0.15, 0.2) is 0 Å². The Morgan fingerprint density at radius 2 is 2.11 bits per heavy atom. The number of nitrogens with zero attached hydrogens (tertiary/aromatic N) is 2. The summed E-state index contributed by atoms with van der Waals surface area (Å²) in [5, 5.41) is 16.7. The summed E-state index contributed by atoms with van der Waals surface area (Å²) in [6.45, 7) is 0. The number of methoxy groups -OCH3 is 1. The topological polar surface area (TPSA) is 98.1 Å². The van der Waals surface area contributed by atoms with Gasteiger partial charge >= 0.3 is 11.8 Å². The van der Waals surface area contributed by atoms with E-state index in [1.807, 2.05) is 0 Å². The third-order valence-corrected chi connectivity index (χ3v) is 2.42. The molecule has 0 spiro atoms. The molecule has 2 aromatic rings. The van der Waals surface area contributed by atoms with Crippen molar-refractivity contribution in [1.82, 2.24) is 10.2 Å². The zero-order valence-corrected chi connectivity index (χ0v) is 9.41. The first-order valence-electron chi connectivity index (χ1n) is 5.00. The molecule has 0 saturated carbocycles. The van der Waals surface area contributed by atoms with Crippen LogP contribution in [0.1, 0.15) is 10.4 Å². The highest BCUT2D eigenvalue weighted by molar-refractivity contribution is 5.98. The lowest BCUT2D eigenvalue weighted by molar-refractivity contribution is -0.388. The van der Waals surface area contributed by atoms with Gasteiger partial charge < -0.3 is 14.9 Å². The largest absolute Gasteiger partial charge is 0.465 e. The van der Waals surface area contributed by atoms with Gasteiger partial charge in [-0.1, -0.05) is 23.3 Å². The third kappa shape index (κ3) is 1.93. The van der Waals surface area contributed by atoms with Crippen molar-refractivity contribution < 1.29 is 14.5 Å². The smallest absolute Gasteiger partial charge is 0.350 e. The van der Waals surface area contributed by atoms with Crippen LogP contribution in [0.5, 0.6) is 0 Å². The molecule has 0 unspecified atom stereocenters. The van der Waals surface area contributed by atoms with Gasteiger partial charge in [-0.05, 0) is 11.0 Å². The summed E-state index contributed by atoms with van der Waals surface area (Å²) in [7, 11) is 1.25. The zero-order chi connectivity index (χ0) is 13.1. The number of benzene rings is 1. The summed E-state index contributed by atoms with van der Waals surface area (Å²) < 4.78 is 4.64. The van der Waals surface area contributed by atoms with E-state index in [1.54, 1.807) is 18.2 Å². The molecule has 1 N–H and O–H groups in total. The predicted molar refractivity (Wildman–Crippen MR) is 62.0 cm³/mol. The van der Waals surface area contributed by atoms with Gasteiger partial charge in [-0.15, -0.1) is 5.10 Å². The monoisotopic (exact) mass is 247 g/mol. The maximum absolute atomic E-state index is 11.6. The van der Waals surface area contributed by atoms with E-state index in [-0.39, 0.29) is 16.9 Å². The van der Waals surface area contributed by atoms with Crippen molar-refractivity contribution in [3.63, 3.8) is 0 Å². The Kier molecular flexibility index (Phi) is 3.05. The number of hydrogen-bond donors (Lipinski definition) is 1. The molecule has 0 atom stereocenters. The minimum Gasteiger partial charge on any atom is -0.465 e. The third-order valence-electron chi connectivity index (χ3n) is 2.42. The molecule has 0 fully saturated rings. The SMILES string of the molecule is COC(=O)c1ccccc1-c1cn[nH]c1[N+](=O)[O-]. The Hall–Kier alpha value is -2.70. The molecule has 7 heteroatoms. The Morgan fingerprint density at radius 3 is 2.78 bits per heavy atom. The standard InChI is InChI=1S/C11H9N3O4/c1-18-11(15)8-5-3-2-4-7(8)9-6-12-13-10(9)14(16)17/h2-6H,1H3,(H,12,13). The van der Waals surface area contributed by atoms with E-state index in [1.165, 1.54) is 19.4 Å². The first kappa shape index (κ1) is 11.8. The Labute approximate surface area is 102 Å². The van der Waals surface area contributed by atoms with Gasteiger partial charge in [-0.25, -0.2) is 4.79 Å². The molecule has 1 aromatic carbocycles. The first-order valence-corrected chi connectivity index (χ1v) is 5.00. The second kappa shape index (κ2) is 4.66. The number of nitrogens with one attached hydrogen (secondary N) is 1. The molecular weight excluding hydrogens is 238 g/mol. The number of hydrogen-bond acceptors (Lipinski definition) is 5. The van der Waals surface area contributed by atoms with Crippen molar-refractivity contribution in [3.8, 4) is 11.1 Å². The second-order valence-electron chi connectivity index (χ2n) is 3.43. The van der Waals surface area contributed by atoms with Gasteiger partial charge in [-0.3, -0.25) is 0 Å². The van der Waals surface area contributed by atoms with E-state index in [0.29, 0.717) is 5.56 Å². The molecule has 0 aliphatic carbocycles. The quantitative estimate of drug-likeness (QED) is 0.506. The number of esters is 1. The number of carbonyl (C=O) groups is 1. The van der Waals surface area contributed by atoms with Gasteiger partial charge in [-0.2, -0.15) is 0 Å². The van der Waals surface area contributed by atoms with E-state index in [9.17, 15) is 14.9 Å². The summed E-state index contributed by atoms with van der Waals surface area (Å²) >= 11 is 0. The van der Waals surface area contributed by atoms with Crippen LogP contribution in [0.15, 0.2) is 30.5 Å². The van der Waals surface area contributed by atoms with Gasteiger partial charge in [0, 0.05) is 5.56 Å². The van der Waals surface area contributed by atoms with Crippen LogP contribution in [0.3, 0.4) is 0 Å². The summed E-state index contributed by atoms with van der Waals surface area (Å²) in [6, 6.07) is 6.47. The van der Waals surface area contributed by atoms with Crippen molar-refractivity contribution >= 4 is 11.8 Å². The number of carbonyl (C=O) groups excluding carboxylic acids is 1. The molecule has 0 aliphatic rings. The lowest BCUT2D eigenvalue weighted by Crippen LogP contribution is -2.03. The summed E-state index contributed by atoms with van der Waals surface area (Å²) in [6.07, 6.45) is 1.31. The first-order chi connectivity index (χ1) is 8.65. The maximum Gasteiger partial charge on any atom is 0.350 e. The highest BCUT2D eigenvalue weighted by Crippen LogP contribution is 2.30. The number of rotatable bonds is 3. The molecule has 1 aromatic heterocycles. The van der Waals surface area contributed by atoms with E-state index in [2.05, 4.69) is 14.9 Å². The highest BCUT2D eigenvalue weighted by atomic mass is 16.6. The summed E-state index contributed by atoms with van der Waals surface area (Å²) in [5.41, 5.74) is 0.912. The van der Waals surface area contributed by atoms with Crippen LogP contribution in [0.4, 0.5) is 5.82 Å².